The molecule has 0 aromatic heterocycles. The van der Waals surface area contributed by atoms with Crippen LogP contribution in [-0.4, -0.2) is 32.0 Å². The molecule has 0 spiro atoms. The molecule has 176 valence electrons. The first-order valence-electron chi connectivity index (χ1n) is 12.1. The predicted molar refractivity (Wildman–Crippen MR) is 122 cm³/mol. The van der Waals surface area contributed by atoms with E-state index in [9.17, 15) is 9.67 Å². The van der Waals surface area contributed by atoms with Gasteiger partial charge < -0.3 is 5.11 Å². The number of rotatable bonds is 23. The van der Waals surface area contributed by atoms with Crippen LogP contribution in [0.2, 0.25) is 0 Å². The molecule has 0 aliphatic rings. The molecule has 0 aromatic rings. The molecule has 0 rings (SSSR count). The molecule has 1 unspecified atom stereocenters. The van der Waals surface area contributed by atoms with Crippen molar-refractivity contribution in [3.8, 4) is 0 Å². The van der Waals surface area contributed by atoms with Gasteiger partial charge >= 0.3 is 7.82 Å². The molecule has 6 heteroatoms. The van der Waals surface area contributed by atoms with E-state index in [2.05, 4.69) is 6.92 Å². The summed E-state index contributed by atoms with van der Waals surface area (Å²) >= 11 is 0. The van der Waals surface area contributed by atoms with Crippen molar-refractivity contribution in [1.82, 2.24) is 0 Å². The van der Waals surface area contributed by atoms with Crippen LogP contribution >= 0.6 is 7.82 Å². The summed E-state index contributed by atoms with van der Waals surface area (Å²) in [5, 5.41) is 9.96. The summed E-state index contributed by atoms with van der Waals surface area (Å²) in [7, 11) is -0.835. The van der Waals surface area contributed by atoms with E-state index in [1.54, 1.807) is 0 Å². The van der Waals surface area contributed by atoms with Crippen LogP contribution in [0.3, 0.4) is 0 Å². The van der Waals surface area contributed by atoms with Crippen molar-refractivity contribution in [2.24, 2.45) is 0 Å². The van der Waals surface area contributed by atoms with Crippen LogP contribution in [-0.2, 0) is 18.1 Å². The van der Waals surface area contributed by atoms with Gasteiger partial charge in [0.1, 0.15) is 0 Å². The molecule has 0 saturated heterocycles. The molecular weight excluding hydrogens is 387 g/mol. The summed E-state index contributed by atoms with van der Waals surface area (Å²) in [4.78, 5) is 0. The quantitative estimate of drug-likeness (QED) is 0.131. The van der Waals surface area contributed by atoms with Crippen molar-refractivity contribution < 1.29 is 23.2 Å². The lowest BCUT2D eigenvalue weighted by molar-refractivity contribution is 0.103. The zero-order chi connectivity index (χ0) is 21.6. The van der Waals surface area contributed by atoms with E-state index in [4.69, 9.17) is 13.6 Å². The lowest BCUT2D eigenvalue weighted by Crippen LogP contribution is -2.10. The Labute approximate surface area is 180 Å². The first kappa shape index (κ1) is 29.1. The summed E-state index contributed by atoms with van der Waals surface area (Å²) in [5.41, 5.74) is 0. The molecule has 29 heavy (non-hydrogen) atoms. The minimum absolute atomic E-state index is 0.180. The van der Waals surface area contributed by atoms with Crippen LogP contribution < -0.4 is 0 Å². The molecule has 0 saturated carbocycles. The highest BCUT2D eigenvalue weighted by molar-refractivity contribution is 7.48. The van der Waals surface area contributed by atoms with Gasteiger partial charge in [0.2, 0.25) is 0 Å². The van der Waals surface area contributed by atoms with Gasteiger partial charge in [-0.25, -0.2) is 4.57 Å². The van der Waals surface area contributed by atoms with Crippen molar-refractivity contribution >= 4 is 7.82 Å². The molecule has 1 atom stereocenters. The average molecular weight is 437 g/mol. The third kappa shape index (κ3) is 19.8. The second-order valence-corrected chi connectivity index (χ2v) is 10.1. The molecule has 0 aromatic carbocycles. The minimum Gasteiger partial charge on any atom is -0.393 e. The van der Waals surface area contributed by atoms with Crippen molar-refractivity contribution in [3.63, 3.8) is 0 Å². The lowest BCUT2D eigenvalue weighted by Gasteiger charge is -2.15. The van der Waals surface area contributed by atoms with Gasteiger partial charge in [-0.2, -0.15) is 0 Å². The second kappa shape index (κ2) is 21.3. The second-order valence-electron chi connectivity index (χ2n) is 8.18. The maximum Gasteiger partial charge on any atom is 0.474 e. The Hall–Kier alpha value is 0.0700. The van der Waals surface area contributed by atoms with Crippen LogP contribution in [0.25, 0.3) is 0 Å². The minimum atomic E-state index is -3.41. The van der Waals surface area contributed by atoms with Gasteiger partial charge in [-0.05, 0) is 12.8 Å². The zero-order valence-corrected chi connectivity index (χ0v) is 20.4. The standard InChI is InChI=1S/C23H49O5P/c1-4-5-6-7-8-9-10-11-12-13-14-15-16-17-18-19-20-23(24)21-22-28-29(25,26-2)27-3/h23-24H,4-22H2,1-3H3. The van der Waals surface area contributed by atoms with Crippen molar-refractivity contribution in [3.05, 3.63) is 0 Å². The Balaban J connectivity index is 3.26. The van der Waals surface area contributed by atoms with Crippen LogP contribution in [0, 0.1) is 0 Å². The smallest absolute Gasteiger partial charge is 0.393 e. The van der Waals surface area contributed by atoms with E-state index in [0.717, 1.165) is 12.8 Å². The fourth-order valence-corrected chi connectivity index (χ4v) is 4.24. The van der Waals surface area contributed by atoms with Gasteiger partial charge in [-0.15, -0.1) is 0 Å². The number of phosphoric acid groups is 1. The first-order valence-corrected chi connectivity index (χ1v) is 13.6. The molecular formula is C23H49O5P. The fraction of sp³-hybridized carbons (Fsp3) is 1.00. The Morgan fingerprint density at radius 1 is 0.655 bits per heavy atom. The van der Waals surface area contributed by atoms with E-state index in [-0.39, 0.29) is 6.61 Å². The third-order valence-electron chi connectivity index (χ3n) is 5.54. The van der Waals surface area contributed by atoms with Gasteiger partial charge in [-0.3, -0.25) is 13.6 Å². The molecule has 0 aliphatic heterocycles. The normalized spacial score (nSPS) is 13.1. The molecule has 0 bridgehead atoms. The highest BCUT2D eigenvalue weighted by atomic mass is 31.2. The van der Waals surface area contributed by atoms with Crippen molar-refractivity contribution in [2.75, 3.05) is 20.8 Å². The van der Waals surface area contributed by atoms with Gasteiger partial charge in [0.15, 0.2) is 0 Å². The summed E-state index contributed by atoms with van der Waals surface area (Å²) < 4.78 is 26.2. The van der Waals surface area contributed by atoms with Crippen LogP contribution in [0.1, 0.15) is 122 Å². The maximum atomic E-state index is 11.7. The van der Waals surface area contributed by atoms with Crippen LogP contribution in [0.15, 0.2) is 0 Å². The number of aliphatic hydroxyl groups excluding tert-OH is 1. The van der Waals surface area contributed by atoms with Crippen molar-refractivity contribution in [1.29, 1.82) is 0 Å². The predicted octanol–water partition coefficient (Wildman–Crippen LogP) is 7.81. The van der Waals surface area contributed by atoms with Gasteiger partial charge in [0.05, 0.1) is 12.7 Å². The first-order chi connectivity index (χ1) is 14.1. The monoisotopic (exact) mass is 436 g/mol. The number of hydrogen-bond donors (Lipinski definition) is 1. The molecule has 5 nitrogen and oxygen atoms in total. The molecule has 0 fully saturated rings. The largest absolute Gasteiger partial charge is 0.474 e. The van der Waals surface area contributed by atoms with E-state index >= 15 is 0 Å². The molecule has 0 aliphatic carbocycles. The van der Waals surface area contributed by atoms with Crippen LogP contribution in [0.5, 0.6) is 0 Å². The van der Waals surface area contributed by atoms with E-state index < -0.39 is 13.9 Å². The van der Waals surface area contributed by atoms with E-state index in [1.165, 1.54) is 111 Å². The SMILES string of the molecule is CCCCCCCCCCCCCCCCCCC(O)CCOP(=O)(OC)OC. The van der Waals surface area contributed by atoms with Crippen LogP contribution in [0.4, 0.5) is 0 Å². The maximum absolute atomic E-state index is 11.7. The molecule has 1 N–H and O–H groups in total. The number of phosphoric ester groups is 1. The summed E-state index contributed by atoms with van der Waals surface area (Å²) in [5.74, 6) is 0. The highest BCUT2D eigenvalue weighted by Crippen LogP contribution is 2.47. The molecule has 0 heterocycles. The van der Waals surface area contributed by atoms with Gasteiger partial charge in [-0.1, -0.05) is 110 Å². The zero-order valence-electron chi connectivity index (χ0n) is 19.5. The Bertz CT molecular complexity index is 370. The molecule has 0 radical (unpaired) electrons. The Kier molecular flexibility index (Phi) is 21.4. The third-order valence-corrected chi connectivity index (χ3v) is 6.93. The van der Waals surface area contributed by atoms with Gasteiger partial charge in [0.25, 0.3) is 0 Å². The van der Waals surface area contributed by atoms with Crippen molar-refractivity contribution in [2.45, 2.75) is 129 Å². The molecule has 0 amide bonds. The lowest BCUT2D eigenvalue weighted by atomic mass is 10.0. The number of unbranched alkanes of at least 4 members (excludes halogenated alkanes) is 15. The topological polar surface area (TPSA) is 65.0 Å². The number of aliphatic hydroxyl groups is 1. The highest BCUT2D eigenvalue weighted by Gasteiger charge is 2.22. The van der Waals surface area contributed by atoms with Gasteiger partial charge in [0, 0.05) is 14.2 Å². The summed E-state index contributed by atoms with van der Waals surface area (Å²) in [6.45, 7) is 2.45. The fourth-order valence-electron chi connectivity index (χ4n) is 3.55. The average Bonchev–Trinajstić information content (AvgIpc) is 2.73. The van der Waals surface area contributed by atoms with E-state index in [1.807, 2.05) is 0 Å². The van der Waals surface area contributed by atoms with E-state index in [0.29, 0.717) is 6.42 Å². The summed E-state index contributed by atoms with van der Waals surface area (Å²) in [6, 6.07) is 0. The Morgan fingerprint density at radius 3 is 1.41 bits per heavy atom. The Morgan fingerprint density at radius 2 is 1.03 bits per heavy atom. The summed E-state index contributed by atoms with van der Waals surface area (Å²) in [6.07, 6.45) is 22.4. The number of hydrogen-bond acceptors (Lipinski definition) is 5.